The maximum Gasteiger partial charge on any atom is 0.257 e. The van der Waals surface area contributed by atoms with E-state index in [1.807, 2.05) is 27.2 Å². The summed E-state index contributed by atoms with van der Waals surface area (Å²) in [6, 6.07) is 0. The third-order valence-corrected chi connectivity index (χ3v) is 3.51. The number of carbonyl (C=O) groups excluding carboxylic acids is 1. The molecule has 0 atom stereocenters. The normalized spacial score (nSPS) is 10.7. The summed E-state index contributed by atoms with van der Waals surface area (Å²) in [4.78, 5) is 14.1. The lowest BCUT2D eigenvalue weighted by Gasteiger charge is -2.16. The van der Waals surface area contributed by atoms with Gasteiger partial charge in [0.05, 0.1) is 11.3 Å². The number of hydrogen-bond donors (Lipinski definition) is 0. The second kappa shape index (κ2) is 7.56. The zero-order chi connectivity index (χ0) is 13.5. The first-order valence-corrected chi connectivity index (χ1v) is 7.56. The molecule has 0 radical (unpaired) electrons. The van der Waals surface area contributed by atoms with Gasteiger partial charge in [0, 0.05) is 32.2 Å². The topological polar surface area (TPSA) is 38.1 Å². The molecule has 18 heavy (non-hydrogen) atoms. The minimum atomic E-state index is 0.0822. The Labute approximate surface area is 117 Å². The number of alkyl halides is 1. The summed E-state index contributed by atoms with van der Waals surface area (Å²) >= 11 is 3.41. The van der Waals surface area contributed by atoms with Crippen LogP contribution >= 0.6 is 15.9 Å². The predicted octanol–water partition coefficient (Wildman–Crippen LogP) is 2.62. The highest BCUT2D eigenvalue weighted by molar-refractivity contribution is 9.09. The first-order chi connectivity index (χ1) is 8.60. The Hall–Kier alpha value is -0.840. The van der Waals surface area contributed by atoms with E-state index >= 15 is 0 Å². The van der Waals surface area contributed by atoms with Crippen molar-refractivity contribution in [2.24, 2.45) is 7.05 Å². The lowest BCUT2D eigenvalue weighted by Crippen LogP contribution is -2.28. The maximum atomic E-state index is 12.3. The standard InChI is InChI=1S/C13H22BrN3O/c1-4-12-11(10-17(3)15-12)13(18)16(2)9-7-5-6-8-14/h10H,4-9H2,1-3H3. The van der Waals surface area contributed by atoms with Crippen molar-refractivity contribution in [3.8, 4) is 0 Å². The van der Waals surface area contributed by atoms with Crippen LogP contribution in [-0.2, 0) is 13.5 Å². The molecular formula is C13H22BrN3O. The summed E-state index contributed by atoms with van der Waals surface area (Å²) in [5.74, 6) is 0.0822. The highest BCUT2D eigenvalue weighted by Gasteiger charge is 2.17. The van der Waals surface area contributed by atoms with Crippen LogP contribution in [0.25, 0.3) is 0 Å². The van der Waals surface area contributed by atoms with Crippen molar-refractivity contribution in [3.05, 3.63) is 17.5 Å². The lowest BCUT2D eigenvalue weighted by molar-refractivity contribution is 0.0791. The van der Waals surface area contributed by atoms with Crippen LogP contribution in [0.4, 0.5) is 0 Å². The molecule has 0 N–H and O–H groups in total. The first-order valence-electron chi connectivity index (χ1n) is 6.44. The maximum absolute atomic E-state index is 12.3. The molecule has 1 aromatic rings. The molecule has 0 fully saturated rings. The third kappa shape index (κ3) is 4.12. The molecule has 0 saturated heterocycles. The molecule has 1 amide bonds. The Morgan fingerprint density at radius 3 is 2.78 bits per heavy atom. The molecule has 0 spiro atoms. The van der Waals surface area contributed by atoms with Crippen molar-refractivity contribution in [1.82, 2.24) is 14.7 Å². The molecule has 1 rings (SSSR count). The molecule has 0 aliphatic rings. The summed E-state index contributed by atoms with van der Waals surface area (Å²) in [5.41, 5.74) is 1.62. The molecular weight excluding hydrogens is 294 g/mol. The van der Waals surface area contributed by atoms with Gasteiger partial charge in [0.2, 0.25) is 0 Å². The van der Waals surface area contributed by atoms with Crippen LogP contribution in [0.5, 0.6) is 0 Å². The third-order valence-electron chi connectivity index (χ3n) is 2.94. The summed E-state index contributed by atoms with van der Waals surface area (Å²) in [6.45, 7) is 2.83. The Morgan fingerprint density at radius 2 is 2.17 bits per heavy atom. The van der Waals surface area contributed by atoms with Crippen molar-refractivity contribution < 1.29 is 4.79 Å². The molecule has 1 heterocycles. The largest absolute Gasteiger partial charge is 0.342 e. The van der Waals surface area contributed by atoms with E-state index in [1.165, 1.54) is 0 Å². The van der Waals surface area contributed by atoms with Crippen molar-refractivity contribution in [1.29, 1.82) is 0 Å². The zero-order valence-corrected chi connectivity index (χ0v) is 13.0. The number of carbonyl (C=O) groups is 1. The SMILES string of the molecule is CCc1nn(C)cc1C(=O)N(C)CCCCCBr. The monoisotopic (exact) mass is 315 g/mol. The highest BCUT2D eigenvalue weighted by Crippen LogP contribution is 2.11. The van der Waals surface area contributed by atoms with Crippen molar-refractivity contribution in [2.45, 2.75) is 32.6 Å². The number of hydrogen-bond acceptors (Lipinski definition) is 2. The summed E-state index contributed by atoms with van der Waals surface area (Å²) in [7, 11) is 3.72. The Morgan fingerprint density at radius 1 is 1.44 bits per heavy atom. The van der Waals surface area contributed by atoms with Gasteiger partial charge in [0.1, 0.15) is 0 Å². The van der Waals surface area contributed by atoms with Crippen LogP contribution in [0.3, 0.4) is 0 Å². The van der Waals surface area contributed by atoms with Crippen LogP contribution in [0.1, 0.15) is 42.2 Å². The molecule has 5 heteroatoms. The first kappa shape index (κ1) is 15.2. The number of aryl methyl sites for hydroxylation is 2. The Bertz CT molecular complexity index is 390. The van der Waals surface area contributed by atoms with Gasteiger partial charge in [-0.15, -0.1) is 0 Å². The second-order valence-corrected chi connectivity index (χ2v) is 5.29. The van der Waals surface area contributed by atoms with Crippen LogP contribution in [0, 0.1) is 0 Å². The van der Waals surface area contributed by atoms with Gasteiger partial charge in [-0.25, -0.2) is 0 Å². The average molecular weight is 316 g/mol. The van der Waals surface area contributed by atoms with E-state index in [9.17, 15) is 4.79 Å². The summed E-state index contributed by atoms with van der Waals surface area (Å²) < 4.78 is 1.71. The van der Waals surface area contributed by atoms with Gasteiger partial charge in [-0.05, 0) is 19.3 Å². The highest BCUT2D eigenvalue weighted by atomic mass is 79.9. The van der Waals surface area contributed by atoms with Crippen molar-refractivity contribution in [3.63, 3.8) is 0 Å². The fourth-order valence-corrected chi connectivity index (χ4v) is 2.30. The molecule has 4 nitrogen and oxygen atoms in total. The number of halogens is 1. The number of aromatic nitrogens is 2. The van der Waals surface area contributed by atoms with Crippen LogP contribution in [0.15, 0.2) is 6.20 Å². The van der Waals surface area contributed by atoms with Gasteiger partial charge in [0.15, 0.2) is 0 Å². The minimum Gasteiger partial charge on any atom is -0.342 e. The zero-order valence-electron chi connectivity index (χ0n) is 11.4. The van der Waals surface area contributed by atoms with Gasteiger partial charge >= 0.3 is 0 Å². The average Bonchev–Trinajstić information content (AvgIpc) is 2.74. The predicted molar refractivity (Wildman–Crippen MR) is 77.2 cm³/mol. The molecule has 0 aliphatic heterocycles. The molecule has 0 aromatic carbocycles. The number of rotatable bonds is 7. The van der Waals surface area contributed by atoms with Crippen LogP contribution < -0.4 is 0 Å². The van der Waals surface area contributed by atoms with Gasteiger partial charge < -0.3 is 4.90 Å². The minimum absolute atomic E-state index is 0.0822. The van der Waals surface area contributed by atoms with E-state index in [-0.39, 0.29) is 5.91 Å². The van der Waals surface area contributed by atoms with Crippen LogP contribution in [0.2, 0.25) is 0 Å². The van der Waals surface area contributed by atoms with E-state index in [0.29, 0.717) is 0 Å². The van der Waals surface area contributed by atoms with E-state index in [1.54, 1.807) is 9.58 Å². The van der Waals surface area contributed by atoms with E-state index in [4.69, 9.17) is 0 Å². The fourth-order valence-electron chi connectivity index (χ4n) is 1.90. The van der Waals surface area contributed by atoms with Crippen molar-refractivity contribution in [2.75, 3.05) is 18.9 Å². The number of amides is 1. The van der Waals surface area contributed by atoms with E-state index < -0.39 is 0 Å². The van der Waals surface area contributed by atoms with Crippen LogP contribution in [-0.4, -0.2) is 39.5 Å². The van der Waals surface area contributed by atoms with Gasteiger partial charge in [0.25, 0.3) is 5.91 Å². The molecule has 102 valence electrons. The molecule has 1 aromatic heterocycles. The lowest BCUT2D eigenvalue weighted by atomic mass is 10.2. The second-order valence-electron chi connectivity index (χ2n) is 4.49. The smallest absolute Gasteiger partial charge is 0.257 e. The van der Waals surface area contributed by atoms with Gasteiger partial charge in [-0.3, -0.25) is 9.48 Å². The molecule has 0 unspecified atom stereocenters. The Balaban J connectivity index is 2.57. The molecule has 0 bridgehead atoms. The summed E-state index contributed by atoms with van der Waals surface area (Å²) in [6.07, 6.45) is 5.97. The molecule has 0 aliphatic carbocycles. The molecule has 0 saturated carbocycles. The number of unbranched alkanes of at least 4 members (excludes halogenated alkanes) is 2. The number of nitrogens with zero attached hydrogens (tertiary/aromatic N) is 3. The van der Waals surface area contributed by atoms with Gasteiger partial charge in [-0.1, -0.05) is 29.3 Å². The Kier molecular flexibility index (Phi) is 6.39. The van der Waals surface area contributed by atoms with E-state index in [2.05, 4.69) is 21.0 Å². The van der Waals surface area contributed by atoms with Gasteiger partial charge in [-0.2, -0.15) is 5.10 Å². The fraction of sp³-hybridized carbons (Fsp3) is 0.692. The van der Waals surface area contributed by atoms with Crippen molar-refractivity contribution >= 4 is 21.8 Å². The summed E-state index contributed by atoms with van der Waals surface area (Å²) in [5, 5.41) is 5.34. The van der Waals surface area contributed by atoms with E-state index in [0.717, 1.165) is 48.8 Å². The quantitative estimate of drug-likeness (QED) is 0.573.